The summed E-state index contributed by atoms with van der Waals surface area (Å²) in [6.07, 6.45) is 1.67. The molecule has 0 aliphatic heterocycles. The molecule has 0 radical (unpaired) electrons. The molecule has 0 aliphatic carbocycles. The van der Waals surface area contributed by atoms with Crippen LogP contribution >= 0.6 is 0 Å². The Bertz CT molecular complexity index is 552. The van der Waals surface area contributed by atoms with Gasteiger partial charge in [0.15, 0.2) is 0 Å². The van der Waals surface area contributed by atoms with Crippen LogP contribution in [-0.4, -0.2) is 15.6 Å². The van der Waals surface area contributed by atoms with Crippen molar-refractivity contribution in [2.75, 3.05) is 0 Å². The monoisotopic (exact) mass is 203 g/mol. The van der Waals surface area contributed by atoms with Crippen LogP contribution in [0.15, 0.2) is 18.3 Å². The van der Waals surface area contributed by atoms with E-state index in [2.05, 4.69) is 0 Å². The molecular formula is C12H13NO2. The van der Waals surface area contributed by atoms with Crippen molar-refractivity contribution < 1.29 is 9.90 Å². The highest BCUT2D eigenvalue weighted by atomic mass is 16.4. The summed E-state index contributed by atoms with van der Waals surface area (Å²) in [7, 11) is 1.87. The molecule has 0 unspecified atom stereocenters. The van der Waals surface area contributed by atoms with Crippen molar-refractivity contribution in [3.63, 3.8) is 0 Å². The standard InChI is InChI=1S/C12H13NO2/c1-7-4-8(2)11-9(12(14)15)6-13(3)10(11)5-7/h4-6H,1-3H3,(H,14,15). The smallest absolute Gasteiger partial charge is 0.337 e. The summed E-state index contributed by atoms with van der Waals surface area (Å²) in [5.74, 6) is -0.868. The molecular weight excluding hydrogens is 190 g/mol. The van der Waals surface area contributed by atoms with Crippen LogP contribution in [0, 0.1) is 13.8 Å². The minimum Gasteiger partial charge on any atom is -0.478 e. The molecule has 0 bridgehead atoms. The molecule has 0 saturated heterocycles. The SMILES string of the molecule is Cc1cc(C)c2c(C(=O)O)cn(C)c2c1. The summed E-state index contributed by atoms with van der Waals surface area (Å²) < 4.78 is 1.86. The average molecular weight is 203 g/mol. The van der Waals surface area contributed by atoms with E-state index in [9.17, 15) is 4.79 Å². The largest absolute Gasteiger partial charge is 0.478 e. The number of benzene rings is 1. The predicted molar refractivity (Wildman–Crippen MR) is 59.4 cm³/mol. The summed E-state index contributed by atoms with van der Waals surface area (Å²) in [4.78, 5) is 11.1. The molecule has 1 N–H and O–H groups in total. The van der Waals surface area contributed by atoms with Crippen molar-refractivity contribution in [2.24, 2.45) is 7.05 Å². The van der Waals surface area contributed by atoms with Gasteiger partial charge < -0.3 is 9.67 Å². The Kier molecular flexibility index (Phi) is 2.03. The number of aromatic nitrogens is 1. The summed E-state index contributed by atoms with van der Waals surface area (Å²) in [6.45, 7) is 3.96. The van der Waals surface area contributed by atoms with Crippen LogP contribution in [0.4, 0.5) is 0 Å². The zero-order valence-electron chi connectivity index (χ0n) is 9.03. The first kappa shape index (κ1) is 9.77. The van der Waals surface area contributed by atoms with Gasteiger partial charge in [-0.05, 0) is 31.0 Å². The Labute approximate surface area is 87.9 Å². The first-order valence-corrected chi connectivity index (χ1v) is 4.80. The Morgan fingerprint density at radius 1 is 1.33 bits per heavy atom. The summed E-state index contributed by atoms with van der Waals surface area (Å²) in [5, 5.41) is 9.92. The second-order valence-corrected chi connectivity index (χ2v) is 3.93. The average Bonchev–Trinajstić information content (AvgIpc) is 2.44. The van der Waals surface area contributed by atoms with Gasteiger partial charge in [-0.25, -0.2) is 4.79 Å². The number of hydrogen-bond acceptors (Lipinski definition) is 1. The van der Waals surface area contributed by atoms with Crippen LogP contribution in [0.25, 0.3) is 10.9 Å². The van der Waals surface area contributed by atoms with E-state index in [1.165, 1.54) is 0 Å². The molecule has 0 spiro atoms. The second-order valence-electron chi connectivity index (χ2n) is 3.93. The molecule has 0 aliphatic rings. The lowest BCUT2D eigenvalue weighted by molar-refractivity contribution is 0.0699. The number of carboxylic acids is 1. The van der Waals surface area contributed by atoms with Gasteiger partial charge in [0.25, 0.3) is 0 Å². The van der Waals surface area contributed by atoms with E-state index in [4.69, 9.17) is 5.11 Å². The highest BCUT2D eigenvalue weighted by molar-refractivity contribution is 6.05. The fourth-order valence-corrected chi connectivity index (χ4v) is 2.06. The number of carboxylic acid groups (broad SMARTS) is 1. The van der Waals surface area contributed by atoms with Gasteiger partial charge in [-0.3, -0.25) is 0 Å². The minimum atomic E-state index is -0.868. The van der Waals surface area contributed by atoms with Crippen molar-refractivity contribution in [2.45, 2.75) is 13.8 Å². The second kappa shape index (κ2) is 3.12. The molecule has 15 heavy (non-hydrogen) atoms. The Balaban J connectivity index is 2.93. The lowest BCUT2D eigenvalue weighted by Crippen LogP contribution is -1.95. The quantitative estimate of drug-likeness (QED) is 0.773. The Hall–Kier alpha value is -1.77. The van der Waals surface area contributed by atoms with Crippen LogP contribution in [0.3, 0.4) is 0 Å². The van der Waals surface area contributed by atoms with Crippen molar-refractivity contribution in [1.29, 1.82) is 0 Å². The summed E-state index contributed by atoms with van der Waals surface area (Å²) in [6, 6.07) is 4.02. The van der Waals surface area contributed by atoms with Gasteiger partial charge in [0.1, 0.15) is 0 Å². The third-order valence-electron chi connectivity index (χ3n) is 2.66. The van der Waals surface area contributed by atoms with Crippen LogP contribution < -0.4 is 0 Å². The maximum atomic E-state index is 11.1. The first-order valence-electron chi connectivity index (χ1n) is 4.80. The number of aromatic carboxylic acids is 1. The van der Waals surface area contributed by atoms with E-state index < -0.39 is 5.97 Å². The molecule has 1 aromatic heterocycles. The molecule has 0 saturated carbocycles. The van der Waals surface area contributed by atoms with Gasteiger partial charge in [-0.15, -0.1) is 0 Å². The van der Waals surface area contributed by atoms with Crippen molar-refractivity contribution in [3.8, 4) is 0 Å². The Morgan fingerprint density at radius 2 is 2.00 bits per heavy atom. The molecule has 1 aromatic carbocycles. The molecule has 0 fully saturated rings. The van der Waals surface area contributed by atoms with Gasteiger partial charge >= 0.3 is 5.97 Å². The van der Waals surface area contributed by atoms with Gasteiger partial charge in [0.2, 0.25) is 0 Å². The number of nitrogens with zero attached hydrogens (tertiary/aromatic N) is 1. The molecule has 2 rings (SSSR count). The molecule has 1 heterocycles. The van der Waals surface area contributed by atoms with E-state index in [-0.39, 0.29) is 0 Å². The number of rotatable bonds is 1. The fraction of sp³-hybridized carbons (Fsp3) is 0.250. The van der Waals surface area contributed by atoms with Gasteiger partial charge in [0.05, 0.1) is 5.56 Å². The molecule has 2 aromatic rings. The maximum Gasteiger partial charge on any atom is 0.337 e. The van der Waals surface area contributed by atoms with E-state index >= 15 is 0 Å². The number of fused-ring (bicyclic) bond motifs is 1. The highest BCUT2D eigenvalue weighted by Gasteiger charge is 2.14. The number of aryl methyl sites for hydroxylation is 3. The van der Waals surface area contributed by atoms with Crippen molar-refractivity contribution >= 4 is 16.9 Å². The predicted octanol–water partition coefficient (Wildman–Crippen LogP) is 2.49. The topological polar surface area (TPSA) is 42.2 Å². The number of hydrogen-bond donors (Lipinski definition) is 1. The third kappa shape index (κ3) is 1.40. The minimum absolute atomic E-state index is 0.380. The van der Waals surface area contributed by atoms with Gasteiger partial charge in [-0.2, -0.15) is 0 Å². The van der Waals surface area contributed by atoms with E-state index in [1.54, 1.807) is 6.20 Å². The lowest BCUT2D eigenvalue weighted by Gasteiger charge is -2.02. The zero-order chi connectivity index (χ0) is 11.2. The maximum absolute atomic E-state index is 11.1. The van der Waals surface area contributed by atoms with Gasteiger partial charge in [-0.1, -0.05) is 6.07 Å². The lowest BCUT2D eigenvalue weighted by atomic mass is 10.0. The van der Waals surface area contributed by atoms with Crippen molar-refractivity contribution in [3.05, 3.63) is 35.0 Å². The van der Waals surface area contributed by atoms with Crippen LogP contribution in [-0.2, 0) is 7.05 Å². The third-order valence-corrected chi connectivity index (χ3v) is 2.66. The molecule has 3 nitrogen and oxygen atoms in total. The summed E-state index contributed by atoms with van der Waals surface area (Å²) in [5.41, 5.74) is 3.52. The zero-order valence-corrected chi connectivity index (χ0v) is 9.03. The highest BCUT2D eigenvalue weighted by Crippen LogP contribution is 2.25. The molecule has 0 amide bonds. The van der Waals surface area contributed by atoms with E-state index in [1.807, 2.05) is 37.6 Å². The molecule has 0 atom stereocenters. The molecule has 3 heteroatoms. The van der Waals surface area contributed by atoms with Crippen molar-refractivity contribution in [1.82, 2.24) is 4.57 Å². The van der Waals surface area contributed by atoms with Crippen LogP contribution in [0.5, 0.6) is 0 Å². The molecule has 78 valence electrons. The van der Waals surface area contributed by atoms with E-state index in [0.29, 0.717) is 5.56 Å². The normalized spacial score (nSPS) is 10.9. The Morgan fingerprint density at radius 3 is 2.60 bits per heavy atom. The summed E-state index contributed by atoms with van der Waals surface area (Å²) >= 11 is 0. The first-order chi connectivity index (χ1) is 7.00. The fourth-order valence-electron chi connectivity index (χ4n) is 2.06. The number of carbonyl (C=O) groups is 1. The van der Waals surface area contributed by atoms with Gasteiger partial charge in [0, 0.05) is 24.1 Å². The van der Waals surface area contributed by atoms with E-state index in [0.717, 1.165) is 22.0 Å². The van der Waals surface area contributed by atoms with Crippen LogP contribution in [0.2, 0.25) is 0 Å². The van der Waals surface area contributed by atoms with Crippen LogP contribution in [0.1, 0.15) is 21.5 Å².